The number of carbonyl (C=O) groups is 1. The minimum Gasteiger partial charge on any atom is -0.454 e. The van der Waals surface area contributed by atoms with E-state index in [0.717, 1.165) is 35.6 Å². The van der Waals surface area contributed by atoms with Crippen molar-refractivity contribution < 1.29 is 19.0 Å². The predicted molar refractivity (Wildman–Crippen MR) is 99.7 cm³/mol. The van der Waals surface area contributed by atoms with Crippen molar-refractivity contribution in [3.63, 3.8) is 0 Å². The van der Waals surface area contributed by atoms with Gasteiger partial charge in [0.25, 0.3) is 5.91 Å². The standard InChI is InChI=1S/C19H22N2O4S/c1-12-3-2-4-14(7-12)23-9-18(22)21-19-20-15(10-26-19)13-5-6-16-17(8-13)25-11-24-16/h5-6,8,10,12,14H,2-4,7,9,11H2,1H3,(H,20,21,22). The lowest BCUT2D eigenvalue weighted by molar-refractivity contribution is -0.123. The van der Waals surface area contributed by atoms with Crippen molar-refractivity contribution in [3.05, 3.63) is 23.6 Å². The molecule has 1 fully saturated rings. The Hall–Kier alpha value is -2.12. The van der Waals surface area contributed by atoms with Crippen LogP contribution in [0.4, 0.5) is 5.13 Å². The minimum absolute atomic E-state index is 0.0797. The van der Waals surface area contributed by atoms with Crippen LogP contribution in [0.2, 0.25) is 0 Å². The Morgan fingerprint density at radius 3 is 3.12 bits per heavy atom. The number of aromatic nitrogens is 1. The van der Waals surface area contributed by atoms with Gasteiger partial charge >= 0.3 is 0 Å². The van der Waals surface area contributed by atoms with Crippen molar-refractivity contribution in [1.29, 1.82) is 0 Å². The number of rotatable bonds is 5. The number of ether oxygens (including phenoxy) is 3. The van der Waals surface area contributed by atoms with E-state index in [1.165, 1.54) is 24.2 Å². The summed E-state index contributed by atoms with van der Waals surface area (Å²) in [5.74, 6) is 1.98. The van der Waals surface area contributed by atoms with Crippen molar-refractivity contribution >= 4 is 22.4 Å². The molecule has 7 heteroatoms. The van der Waals surface area contributed by atoms with E-state index in [1.807, 2.05) is 23.6 Å². The number of fused-ring (bicyclic) bond motifs is 1. The summed E-state index contributed by atoms with van der Waals surface area (Å²) in [7, 11) is 0. The number of nitrogens with zero attached hydrogens (tertiary/aromatic N) is 1. The third-order valence-electron chi connectivity index (χ3n) is 4.76. The van der Waals surface area contributed by atoms with Crippen LogP contribution in [0.15, 0.2) is 23.6 Å². The van der Waals surface area contributed by atoms with Crippen LogP contribution >= 0.6 is 11.3 Å². The molecule has 6 nitrogen and oxygen atoms in total. The monoisotopic (exact) mass is 374 g/mol. The molecule has 26 heavy (non-hydrogen) atoms. The summed E-state index contributed by atoms with van der Waals surface area (Å²) in [4.78, 5) is 16.6. The van der Waals surface area contributed by atoms with E-state index in [2.05, 4.69) is 17.2 Å². The maximum Gasteiger partial charge on any atom is 0.252 e. The fourth-order valence-electron chi connectivity index (χ4n) is 3.40. The molecule has 1 amide bonds. The Morgan fingerprint density at radius 2 is 2.23 bits per heavy atom. The molecule has 0 radical (unpaired) electrons. The molecule has 0 saturated heterocycles. The third-order valence-corrected chi connectivity index (χ3v) is 5.52. The molecular weight excluding hydrogens is 352 g/mol. The summed E-state index contributed by atoms with van der Waals surface area (Å²) in [5.41, 5.74) is 1.73. The second kappa shape index (κ2) is 7.63. The normalized spacial score (nSPS) is 21.6. The molecule has 4 rings (SSSR count). The van der Waals surface area contributed by atoms with Crippen LogP contribution in [0.1, 0.15) is 32.6 Å². The van der Waals surface area contributed by atoms with Crippen LogP contribution in [0.3, 0.4) is 0 Å². The van der Waals surface area contributed by atoms with Gasteiger partial charge in [0.15, 0.2) is 16.6 Å². The van der Waals surface area contributed by atoms with Gasteiger partial charge in [0, 0.05) is 10.9 Å². The second-order valence-electron chi connectivity index (χ2n) is 6.86. The highest BCUT2D eigenvalue weighted by Crippen LogP contribution is 2.36. The summed E-state index contributed by atoms with van der Waals surface area (Å²) in [6.07, 6.45) is 4.72. The molecule has 1 saturated carbocycles. The maximum atomic E-state index is 12.1. The molecule has 1 aromatic heterocycles. The molecule has 1 aromatic carbocycles. The Labute approximate surface area is 156 Å². The lowest BCUT2D eigenvalue weighted by Gasteiger charge is -2.26. The van der Waals surface area contributed by atoms with Crippen molar-refractivity contribution in [2.24, 2.45) is 5.92 Å². The van der Waals surface area contributed by atoms with Gasteiger partial charge in [-0.2, -0.15) is 0 Å². The average molecular weight is 374 g/mol. The molecule has 0 spiro atoms. The fourth-order valence-corrected chi connectivity index (χ4v) is 4.13. The van der Waals surface area contributed by atoms with E-state index in [-0.39, 0.29) is 25.4 Å². The van der Waals surface area contributed by atoms with Gasteiger partial charge in [-0.15, -0.1) is 11.3 Å². The average Bonchev–Trinajstić information content (AvgIpc) is 3.28. The van der Waals surface area contributed by atoms with Gasteiger partial charge in [0.1, 0.15) is 6.61 Å². The van der Waals surface area contributed by atoms with Gasteiger partial charge in [0.05, 0.1) is 11.8 Å². The Balaban J connectivity index is 1.32. The summed E-state index contributed by atoms with van der Waals surface area (Å²) in [6.45, 7) is 2.57. The summed E-state index contributed by atoms with van der Waals surface area (Å²) in [6, 6.07) is 5.70. The predicted octanol–water partition coefficient (Wildman–Crippen LogP) is 4.07. The molecule has 1 aliphatic carbocycles. The highest BCUT2D eigenvalue weighted by Gasteiger charge is 2.20. The van der Waals surface area contributed by atoms with Crippen molar-refractivity contribution in [1.82, 2.24) is 4.98 Å². The largest absolute Gasteiger partial charge is 0.454 e. The van der Waals surface area contributed by atoms with E-state index in [9.17, 15) is 4.79 Å². The van der Waals surface area contributed by atoms with Gasteiger partial charge in [-0.1, -0.05) is 19.8 Å². The molecule has 138 valence electrons. The molecule has 2 heterocycles. The molecule has 0 bridgehead atoms. The van der Waals surface area contributed by atoms with E-state index in [0.29, 0.717) is 11.0 Å². The maximum absolute atomic E-state index is 12.1. The first-order chi connectivity index (χ1) is 12.7. The summed E-state index contributed by atoms with van der Waals surface area (Å²) in [5, 5.41) is 5.31. The lowest BCUT2D eigenvalue weighted by atomic mass is 9.89. The van der Waals surface area contributed by atoms with Crippen LogP contribution in [0.25, 0.3) is 11.3 Å². The SMILES string of the molecule is CC1CCCC(OCC(=O)Nc2nc(-c3ccc4c(c3)OCO4)cs2)C1. The zero-order valence-corrected chi connectivity index (χ0v) is 15.5. The van der Waals surface area contributed by atoms with E-state index >= 15 is 0 Å². The van der Waals surface area contributed by atoms with Gasteiger partial charge in [-0.3, -0.25) is 10.1 Å². The molecule has 2 atom stereocenters. The number of carbonyl (C=O) groups excluding carboxylic acids is 1. The molecular formula is C19H22N2O4S. The number of amides is 1. The van der Waals surface area contributed by atoms with Crippen molar-refractivity contribution in [3.8, 4) is 22.8 Å². The number of thiazole rings is 1. The third kappa shape index (κ3) is 3.99. The smallest absolute Gasteiger partial charge is 0.252 e. The number of nitrogens with one attached hydrogen (secondary N) is 1. The number of hydrogen-bond donors (Lipinski definition) is 1. The fraction of sp³-hybridized carbons (Fsp3) is 0.474. The topological polar surface area (TPSA) is 69.7 Å². The van der Waals surface area contributed by atoms with Crippen LogP contribution in [-0.2, 0) is 9.53 Å². The quantitative estimate of drug-likeness (QED) is 0.854. The summed E-state index contributed by atoms with van der Waals surface area (Å²) < 4.78 is 16.5. The Morgan fingerprint density at radius 1 is 1.35 bits per heavy atom. The molecule has 1 N–H and O–H groups in total. The Kier molecular flexibility index (Phi) is 5.08. The highest BCUT2D eigenvalue weighted by atomic mass is 32.1. The van der Waals surface area contributed by atoms with Crippen molar-refractivity contribution in [2.45, 2.75) is 38.7 Å². The molecule has 2 unspecified atom stereocenters. The Bertz CT molecular complexity index is 792. The first-order valence-corrected chi connectivity index (χ1v) is 9.82. The van der Waals surface area contributed by atoms with E-state index in [1.54, 1.807) is 0 Å². The van der Waals surface area contributed by atoms with Gasteiger partial charge in [0.2, 0.25) is 6.79 Å². The number of anilines is 1. The van der Waals surface area contributed by atoms with Crippen LogP contribution in [0, 0.1) is 5.92 Å². The number of hydrogen-bond acceptors (Lipinski definition) is 6. The number of benzene rings is 1. The zero-order valence-electron chi connectivity index (χ0n) is 14.7. The molecule has 2 aromatic rings. The van der Waals surface area contributed by atoms with Crippen LogP contribution in [-0.4, -0.2) is 30.4 Å². The first-order valence-electron chi connectivity index (χ1n) is 8.94. The van der Waals surface area contributed by atoms with Crippen molar-refractivity contribution in [2.75, 3.05) is 18.7 Å². The minimum atomic E-state index is -0.158. The summed E-state index contributed by atoms with van der Waals surface area (Å²) >= 11 is 1.40. The van der Waals surface area contributed by atoms with Gasteiger partial charge in [-0.05, 0) is 37.0 Å². The van der Waals surface area contributed by atoms with E-state index < -0.39 is 0 Å². The van der Waals surface area contributed by atoms with Crippen LogP contribution < -0.4 is 14.8 Å². The first kappa shape index (κ1) is 17.3. The van der Waals surface area contributed by atoms with Crippen LogP contribution in [0.5, 0.6) is 11.5 Å². The zero-order chi connectivity index (χ0) is 17.9. The lowest BCUT2D eigenvalue weighted by Crippen LogP contribution is -2.26. The molecule has 1 aliphatic heterocycles. The second-order valence-corrected chi connectivity index (χ2v) is 7.72. The highest BCUT2D eigenvalue weighted by molar-refractivity contribution is 7.14. The van der Waals surface area contributed by atoms with E-state index in [4.69, 9.17) is 14.2 Å². The molecule has 2 aliphatic rings. The van der Waals surface area contributed by atoms with Gasteiger partial charge in [-0.25, -0.2) is 4.98 Å². The van der Waals surface area contributed by atoms with Gasteiger partial charge < -0.3 is 14.2 Å².